The molecule has 0 bridgehead atoms. The normalized spacial score (nSPS) is 12.5. The maximum absolute atomic E-state index is 10.8. The molecular weight excluding hydrogens is 191 g/mol. The van der Waals surface area contributed by atoms with Crippen molar-refractivity contribution in [3.8, 4) is 0 Å². The zero-order valence-corrected chi connectivity index (χ0v) is 6.12. The average Bonchev–Trinajstić information content (AvgIpc) is 1.87. The highest BCUT2D eigenvalue weighted by Crippen LogP contribution is 2.24. The van der Waals surface area contributed by atoms with E-state index in [0.29, 0.717) is 6.47 Å². The number of carbonyl (C=O) groups is 1. The Kier molecular flexibility index (Phi) is 7.39. The molecule has 0 N–H and O–H groups in total. The summed E-state index contributed by atoms with van der Waals surface area (Å²) in [7, 11) is 1.31. The van der Waals surface area contributed by atoms with Crippen molar-refractivity contribution in [1.29, 1.82) is 0 Å². The molecule has 0 heterocycles. The van der Waals surface area contributed by atoms with E-state index < -0.39 is 11.8 Å². The number of carbonyl (C=O) groups excluding carboxylic acids is 1. The SMILES string of the molecule is COC=O.FC(Cl)C(F)(F)F. The molecule has 0 rings (SSSR count). The Bertz CT molecular complexity index is 103. The molecule has 0 aromatic carbocycles. The van der Waals surface area contributed by atoms with E-state index in [2.05, 4.69) is 16.3 Å². The average molecular weight is 197 g/mol. The monoisotopic (exact) mass is 196 g/mol. The maximum Gasteiger partial charge on any atom is 0.433 e. The Labute approximate surface area is 65.1 Å². The topological polar surface area (TPSA) is 26.3 Å². The molecule has 0 aliphatic heterocycles. The van der Waals surface area contributed by atoms with Gasteiger partial charge in [0.05, 0.1) is 7.11 Å². The van der Waals surface area contributed by atoms with Crippen molar-refractivity contribution >= 4 is 18.1 Å². The Hall–Kier alpha value is -0.520. The van der Waals surface area contributed by atoms with Crippen molar-refractivity contribution in [3.05, 3.63) is 0 Å². The molecule has 68 valence electrons. The van der Waals surface area contributed by atoms with E-state index in [0.717, 1.165) is 0 Å². The van der Waals surface area contributed by atoms with Gasteiger partial charge in [0.2, 0.25) is 0 Å². The Morgan fingerprint density at radius 1 is 1.55 bits per heavy atom. The van der Waals surface area contributed by atoms with Crippen LogP contribution in [0.4, 0.5) is 17.6 Å². The van der Waals surface area contributed by atoms with Crippen LogP contribution in [0.1, 0.15) is 0 Å². The third kappa shape index (κ3) is 12.6. The first-order chi connectivity index (χ1) is 4.86. The number of alkyl halides is 5. The van der Waals surface area contributed by atoms with Gasteiger partial charge in [-0.1, -0.05) is 11.6 Å². The highest BCUT2D eigenvalue weighted by Gasteiger charge is 2.38. The lowest BCUT2D eigenvalue weighted by Gasteiger charge is -2.01. The van der Waals surface area contributed by atoms with E-state index in [4.69, 9.17) is 4.79 Å². The number of rotatable bonds is 1. The molecule has 0 fully saturated rings. The second kappa shape index (κ2) is 6.21. The van der Waals surface area contributed by atoms with Crippen molar-refractivity contribution in [3.63, 3.8) is 0 Å². The second-order valence-electron chi connectivity index (χ2n) is 1.17. The summed E-state index contributed by atoms with van der Waals surface area (Å²) in [4.78, 5) is 8.95. The molecule has 0 saturated carbocycles. The van der Waals surface area contributed by atoms with Crippen LogP contribution < -0.4 is 0 Å². The summed E-state index contributed by atoms with van der Waals surface area (Å²) in [6.07, 6.45) is -4.90. The van der Waals surface area contributed by atoms with Gasteiger partial charge in [-0.25, -0.2) is 4.39 Å². The lowest BCUT2D eigenvalue weighted by atomic mass is 10.7. The second-order valence-corrected chi connectivity index (χ2v) is 1.56. The first kappa shape index (κ1) is 13.1. The van der Waals surface area contributed by atoms with Crippen LogP contribution in [0, 0.1) is 0 Å². The van der Waals surface area contributed by atoms with Gasteiger partial charge in [0.15, 0.2) is 0 Å². The first-order valence-electron chi connectivity index (χ1n) is 2.17. The molecule has 11 heavy (non-hydrogen) atoms. The highest BCUT2D eigenvalue weighted by atomic mass is 35.5. The number of halogens is 5. The molecule has 2 nitrogen and oxygen atoms in total. The lowest BCUT2D eigenvalue weighted by Crippen LogP contribution is -2.17. The fraction of sp³-hybridized carbons (Fsp3) is 0.750. The fourth-order valence-corrected chi connectivity index (χ4v) is 0. The third-order valence-corrected chi connectivity index (χ3v) is 0.591. The molecular formula is C4H5ClF4O2. The van der Waals surface area contributed by atoms with Gasteiger partial charge in [-0.2, -0.15) is 13.2 Å². The molecule has 1 unspecified atom stereocenters. The number of methoxy groups -OCH3 is 1. The van der Waals surface area contributed by atoms with Crippen molar-refractivity contribution < 1.29 is 27.1 Å². The Morgan fingerprint density at radius 3 is 1.73 bits per heavy atom. The summed E-state index contributed by atoms with van der Waals surface area (Å²) in [5.41, 5.74) is -3.23. The van der Waals surface area contributed by atoms with Crippen LogP contribution in [0.25, 0.3) is 0 Å². The highest BCUT2D eigenvalue weighted by molar-refractivity contribution is 6.20. The quantitative estimate of drug-likeness (QED) is 0.364. The van der Waals surface area contributed by atoms with Crippen LogP contribution in [-0.2, 0) is 9.53 Å². The summed E-state index contributed by atoms with van der Waals surface area (Å²) in [5.74, 6) is 0. The van der Waals surface area contributed by atoms with E-state index in [9.17, 15) is 17.6 Å². The smallest absolute Gasteiger partial charge is 0.433 e. The number of hydrogen-bond donors (Lipinski definition) is 0. The van der Waals surface area contributed by atoms with Crippen LogP contribution >= 0.6 is 11.6 Å². The molecule has 0 saturated heterocycles. The first-order valence-corrected chi connectivity index (χ1v) is 2.61. The maximum atomic E-state index is 10.8. The van der Waals surface area contributed by atoms with Crippen LogP contribution in [0.5, 0.6) is 0 Å². The zero-order chi connectivity index (χ0) is 9.49. The fourth-order valence-electron chi connectivity index (χ4n) is 0. The van der Waals surface area contributed by atoms with Crippen LogP contribution in [0.15, 0.2) is 0 Å². The molecule has 0 spiro atoms. The van der Waals surface area contributed by atoms with Crippen LogP contribution in [-0.4, -0.2) is 25.4 Å². The van der Waals surface area contributed by atoms with Gasteiger partial charge in [-0.15, -0.1) is 0 Å². The van der Waals surface area contributed by atoms with Crippen LogP contribution in [0.2, 0.25) is 0 Å². The molecule has 0 radical (unpaired) electrons. The summed E-state index contributed by atoms with van der Waals surface area (Å²) < 4.78 is 46.7. The van der Waals surface area contributed by atoms with E-state index in [-0.39, 0.29) is 0 Å². The van der Waals surface area contributed by atoms with Gasteiger partial charge >= 0.3 is 6.18 Å². The van der Waals surface area contributed by atoms with E-state index >= 15 is 0 Å². The van der Waals surface area contributed by atoms with E-state index in [1.807, 2.05) is 0 Å². The van der Waals surface area contributed by atoms with Gasteiger partial charge in [0, 0.05) is 0 Å². The van der Waals surface area contributed by atoms with E-state index in [1.165, 1.54) is 7.11 Å². The lowest BCUT2D eigenvalue weighted by molar-refractivity contribution is -0.156. The molecule has 0 aliphatic carbocycles. The summed E-state index contributed by atoms with van der Waals surface area (Å²) in [6, 6.07) is 0. The minimum absolute atomic E-state index is 0.375. The van der Waals surface area contributed by atoms with Gasteiger partial charge in [-0.05, 0) is 0 Å². The predicted octanol–water partition coefficient (Wildman–Crippen LogP) is 1.87. The Balaban J connectivity index is 0. The summed E-state index contributed by atoms with van der Waals surface area (Å²) in [5, 5.41) is 0. The van der Waals surface area contributed by atoms with Crippen molar-refractivity contribution in [2.45, 2.75) is 11.8 Å². The van der Waals surface area contributed by atoms with Crippen LogP contribution in [0.3, 0.4) is 0 Å². The predicted molar refractivity (Wildman–Crippen MR) is 29.9 cm³/mol. The van der Waals surface area contributed by atoms with Gasteiger partial charge in [-0.3, -0.25) is 4.79 Å². The Morgan fingerprint density at radius 2 is 1.73 bits per heavy atom. The zero-order valence-electron chi connectivity index (χ0n) is 5.36. The summed E-state index contributed by atoms with van der Waals surface area (Å²) >= 11 is 3.96. The largest absolute Gasteiger partial charge is 0.471 e. The number of hydrogen-bond acceptors (Lipinski definition) is 2. The number of ether oxygens (including phenoxy) is 1. The molecule has 0 aromatic heterocycles. The summed E-state index contributed by atoms with van der Waals surface area (Å²) in [6.45, 7) is 0.375. The minimum Gasteiger partial charge on any atom is -0.471 e. The standard InChI is InChI=1S/C2HClF4.C2H4O2/c3-1(4)2(5,6)7;1-4-2-3/h1H;2H,1H3. The minimum atomic E-state index is -4.90. The third-order valence-electron chi connectivity index (χ3n) is 0.344. The van der Waals surface area contributed by atoms with Gasteiger partial charge < -0.3 is 4.74 Å². The van der Waals surface area contributed by atoms with Crippen molar-refractivity contribution in [1.82, 2.24) is 0 Å². The molecule has 0 amide bonds. The molecule has 7 heteroatoms. The molecule has 1 atom stereocenters. The molecule has 0 aliphatic rings. The van der Waals surface area contributed by atoms with E-state index in [1.54, 1.807) is 0 Å². The van der Waals surface area contributed by atoms with Crippen molar-refractivity contribution in [2.24, 2.45) is 0 Å². The molecule has 0 aromatic rings. The van der Waals surface area contributed by atoms with Gasteiger partial charge in [0.1, 0.15) is 0 Å². The van der Waals surface area contributed by atoms with Gasteiger partial charge in [0.25, 0.3) is 12.1 Å². The van der Waals surface area contributed by atoms with Crippen molar-refractivity contribution in [2.75, 3.05) is 7.11 Å².